The van der Waals surface area contributed by atoms with E-state index in [1.807, 2.05) is 13.0 Å². The summed E-state index contributed by atoms with van der Waals surface area (Å²) in [5.74, 6) is -5.41. The molecule has 0 bridgehead atoms. The number of amides is 2. The van der Waals surface area contributed by atoms with Gasteiger partial charge in [-0.25, -0.2) is 18.4 Å². The fourth-order valence-corrected chi connectivity index (χ4v) is 9.36. The Bertz CT molecular complexity index is 3650. The number of aryl methyl sites for hydroxylation is 4. The first-order chi connectivity index (χ1) is 40.2. The molecule has 2 amide bonds. The largest absolute Gasteiger partial charge is 0.496 e. The summed E-state index contributed by atoms with van der Waals surface area (Å²) in [7, 11) is -5.97. The Labute approximate surface area is 462 Å². The Morgan fingerprint density at radius 2 is 1.04 bits per heavy atom. The zero-order chi connectivity index (χ0) is 66.1. The molecular weight excluding hydrogens is 1010 g/mol. The highest BCUT2D eigenvalue weighted by Crippen LogP contribution is 2.44. The lowest BCUT2D eigenvalue weighted by atomic mass is 9.92. The first-order valence-corrected chi connectivity index (χ1v) is 23.8. The van der Waals surface area contributed by atoms with E-state index in [0.717, 1.165) is 48.9 Å². The number of hydrogen-bond donors (Lipinski definition) is 0. The van der Waals surface area contributed by atoms with Crippen LogP contribution in [-0.2, 0) is 34.9 Å². The van der Waals surface area contributed by atoms with Crippen molar-refractivity contribution < 1.29 is 80.1 Å². The predicted octanol–water partition coefficient (Wildman–Crippen LogP) is 17.3. The third-order valence-electron chi connectivity index (χ3n) is 13.2. The lowest BCUT2D eigenvalue weighted by Crippen LogP contribution is -2.31. The number of methoxy groups -OCH3 is 2. The minimum atomic E-state index is -4.70. The van der Waals surface area contributed by atoms with Crippen LogP contribution < -0.4 is 9.47 Å². The minimum Gasteiger partial charge on any atom is -0.496 e. The molecule has 0 radical (unpaired) electrons. The van der Waals surface area contributed by atoms with E-state index in [9.17, 15) is 43.1 Å². The maximum atomic E-state index is 15.4. The molecule has 16 heteroatoms. The number of benzene rings is 6. The van der Waals surface area contributed by atoms with Gasteiger partial charge in [0.1, 0.15) is 35.3 Å². The average molecular weight is 1090 g/mol. The van der Waals surface area contributed by atoms with Crippen LogP contribution in [0, 0.1) is 39.3 Å². The van der Waals surface area contributed by atoms with Crippen molar-refractivity contribution in [1.82, 2.24) is 9.80 Å². The number of rotatable bonds is 12. The van der Waals surface area contributed by atoms with Crippen molar-refractivity contribution in [3.8, 4) is 33.8 Å². The normalized spacial score (nSPS) is 21.3. The van der Waals surface area contributed by atoms with Crippen LogP contribution in [0.5, 0.6) is 11.5 Å². The summed E-state index contributed by atoms with van der Waals surface area (Å²) in [6.45, 7) is 8.21. The van der Waals surface area contributed by atoms with Crippen molar-refractivity contribution in [2.75, 3.05) is 14.1 Å². The van der Waals surface area contributed by atoms with Crippen LogP contribution in [0.25, 0.3) is 22.3 Å². The maximum absolute atomic E-state index is 15.4. The molecule has 0 aromatic heterocycles. The van der Waals surface area contributed by atoms with E-state index in [-0.39, 0.29) is 59.0 Å². The Hall–Kier alpha value is -7.10. The quantitative estimate of drug-likeness (QED) is 0.114. The van der Waals surface area contributed by atoms with Gasteiger partial charge in [-0.1, -0.05) is 106 Å². The average Bonchev–Trinajstić information content (AvgIpc) is 1.76. The van der Waals surface area contributed by atoms with E-state index in [1.54, 1.807) is 58.9 Å². The highest BCUT2D eigenvalue weighted by Gasteiger charge is 2.43. The number of halogens is 8. The number of cyclic esters (lactones) is 2. The molecule has 2 fully saturated rings. The molecule has 2 heterocycles. The van der Waals surface area contributed by atoms with Crippen molar-refractivity contribution in [2.45, 2.75) is 138 Å². The zero-order valence-corrected chi connectivity index (χ0v) is 42.7. The summed E-state index contributed by atoms with van der Waals surface area (Å²) in [6, 6.07) is 18.6. The van der Waals surface area contributed by atoms with Gasteiger partial charge in [0.2, 0.25) is 0 Å². The molecule has 2 saturated heterocycles. The minimum absolute atomic E-state index is 0. The Balaban J connectivity index is 0.000000283. The summed E-state index contributed by atoms with van der Waals surface area (Å²) in [5.41, 5.74) is 0.795. The Morgan fingerprint density at radius 3 is 1.51 bits per heavy atom. The van der Waals surface area contributed by atoms with Gasteiger partial charge >= 0.3 is 24.5 Å². The smallest absolute Gasteiger partial charge is 0.416 e. The molecule has 0 spiro atoms. The zero-order valence-electron chi connectivity index (χ0n) is 54.7. The van der Waals surface area contributed by atoms with E-state index >= 15 is 4.39 Å². The number of alkyl halides is 6. The Morgan fingerprint density at radius 1 is 0.597 bits per heavy atom. The molecule has 5 atom stereocenters. The topological polar surface area (TPSA) is 77.5 Å². The van der Waals surface area contributed by atoms with E-state index < -0.39 is 116 Å². The van der Waals surface area contributed by atoms with Gasteiger partial charge in [0.15, 0.2) is 0 Å². The highest BCUT2D eigenvalue weighted by atomic mass is 19.4. The van der Waals surface area contributed by atoms with Gasteiger partial charge in [0, 0.05) is 28.7 Å². The molecule has 2 aliphatic heterocycles. The fraction of sp³-hybridized carbons (Fsp3) is 0.377. The van der Waals surface area contributed by atoms with Crippen molar-refractivity contribution in [2.24, 2.45) is 0 Å². The summed E-state index contributed by atoms with van der Waals surface area (Å²) >= 11 is 0. The van der Waals surface area contributed by atoms with E-state index in [0.29, 0.717) is 44.3 Å². The molecule has 77 heavy (non-hydrogen) atoms. The fourth-order valence-electron chi connectivity index (χ4n) is 9.36. The molecule has 2 aliphatic rings. The van der Waals surface area contributed by atoms with Crippen LogP contribution in [0.4, 0.5) is 44.7 Å². The molecule has 6 aromatic carbocycles. The van der Waals surface area contributed by atoms with E-state index in [1.165, 1.54) is 43.0 Å². The van der Waals surface area contributed by atoms with Gasteiger partial charge in [-0.05, 0) is 134 Å². The number of nitrogens with zero attached hydrogens (tertiary/aromatic N) is 2. The van der Waals surface area contributed by atoms with Gasteiger partial charge in [-0.3, -0.25) is 9.80 Å². The number of ether oxygens (including phenoxy) is 4. The molecule has 6 aromatic rings. The second kappa shape index (κ2) is 23.2. The second-order valence-electron chi connectivity index (χ2n) is 19.4. The van der Waals surface area contributed by atoms with Gasteiger partial charge in [-0.2, -0.15) is 26.3 Å². The van der Waals surface area contributed by atoms with Crippen molar-refractivity contribution in [3.63, 3.8) is 0 Å². The molecule has 1 unspecified atom stereocenters. The van der Waals surface area contributed by atoms with Crippen LogP contribution in [0.15, 0.2) is 97.1 Å². The van der Waals surface area contributed by atoms with Gasteiger partial charge in [0.25, 0.3) is 0 Å². The second-order valence-corrected chi connectivity index (χ2v) is 19.4. The lowest BCUT2D eigenvalue weighted by Gasteiger charge is -2.24. The first kappa shape index (κ1) is 43.9. The third-order valence-corrected chi connectivity index (χ3v) is 13.2. The van der Waals surface area contributed by atoms with Crippen molar-refractivity contribution in [1.29, 1.82) is 0 Å². The standard InChI is InChI=1S/2C30H31F4NO3.CH4/c2*1-16(2)24-13-25(27(37-6)14-26(24)31)23-8-7-17(3)9-21(23)15-35-19(5)28(38-29(35)36)20-10-18(4)11-22(12-20)30(32,33)34;/h2*7-14,16,19,28H,15H2,1-6H3;1H4/t2*19-,28-;/m00./s1/i1D3,6D3,15D2,16D;6D3;/t16?,19-,28-;m;. The predicted molar refractivity (Wildman–Crippen MR) is 282 cm³/mol. The summed E-state index contributed by atoms with van der Waals surface area (Å²) in [4.78, 5) is 28.4. The molecule has 0 saturated carbocycles. The molecule has 0 N–H and O–H groups in total. The monoisotopic (exact) mass is 1090 g/mol. The molecule has 8 rings (SSSR count). The maximum Gasteiger partial charge on any atom is 0.416 e. The number of hydrogen-bond acceptors (Lipinski definition) is 6. The number of carbonyl (C=O) groups excluding carboxylic acids is 2. The Kier molecular flexibility index (Phi) is 13.3. The highest BCUT2D eigenvalue weighted by molar-refractivity contribution is 5.78. The lowest BCUT2D eigenvalue weighted by molar-refractivity contribution is -0.138. The van der Waals surface area contributed by atoms with Crippen LogP contribution in [0.3, 0.4) is 0 Å². The summed E-state index contributed by atoms with van der Waals surface area (Å²) in [5, 5.41) is 0. The van der Waals surface area contributed by atoms with Crippen LogP contribution in [-0.4, -0.2) is 48.1 Å². The molecule has 0 aliphatic carbocycles. The summed E-state index contributed by atoms with van der Waals surface area (Å²) in [6.07, 6.45) is -13.4. The van der Waals surface area contributed by atoms with Crippen LogP contribution in [0.1, 0.15) is 156 Å². The summed E-state index contributed by atoms with van der Waals surface area (Å²) < 4.78 is 228. The van der Waals surface area contributed by atoms with Crippen LogP contribution in [0.2, 0.25) is 0 Å². The van der Waals surface area contributed by atoms with Gasteiger partial charge < -0.3 is 18.9 Å². The van der Waals surface area contributed by atoms with E-state index in [4.69, 9.17) is 32.7 Å². The first-order valence-electron chi connectivity index (χ1n) is 29.8. The third kappa shape index (κ3) is 12.9. The van der Waals surface area contributed by atoms with Crippen molar-refractivity contribution >= 4 is 12.2 Å². The molecule has 8 nitrogen and oxygen atoms in total. The number of carbonyl (C=O) groups is 2. The molecular formula is C61H66F8N2O6. The van der Waals surface area contributed by atoms with Gasteiger partial charge in [-0.15, -0.1) is 0 Å². The SMILES string of the molecule is C.[2H]C([2H])([2H])Oc1cc(F)c(C(C)C)cc1-c1ccc(C)cc1CN1C(=O)O[C@H](c2cc(C)cc(C(F)(F)F)c2)[C@@H]1C.[2H]C([2H])([2H])Oc1cc(F)c(C([2H])(C)C([2H])([2H])[2H])cc1-c1ccc(C)cc1C([2H])([2H])N1C(=O)O[C@H](c2cc(C)cc(C(F)(F)F)c2)[C@@H]1C. The van der Waals surface area contributed by atoms with E-state index in [2.05, 4.69) is 0 Å². The van der Waals surface area contributed by atoms with Crippen LogP contribution >= 0.6 is 0 Å². The van der Waals surface area contributed by atoms with Crippen molar-refractivity contribution in [3.05, 3.63) is 175 Å². The van der Waals surface area contributed by atoms with Gasteiger partial charge in [0.05, 0.1) is 61.3 Å². The molecule has 412 valence electrons.